The highest BCUT2D eigenvalue weighted by Gasteiger charge is 2.54. The van der Waals surface area contributed by atoms with Gasteiger partial charge in [0.05, 0.1) is 41.2 Å². The first-order valence-electron chi connectivity index (χ1n) is 19.0. The minimum Gasteiger partial charge on any atom is -0.491 e. The van der Waals surface area contributed by atoms with Gasteiger partial charge in [0.25, 0.3) is 11.4 Å². The highest BCUT2D eigenvalue weighted by molar-refractivity contribution is 5.81. The number of ether oxygens (including phenoxy) is 5. The molecule has 3 aliphatic rings. The number of non-ortho nitro benzene ring substituents is 2. The van der Waals surface area contributed by atoms with Crippen molar-refractivity contribution in [3.05, 3.63) is 91.7 Å². The molecule has 11 atom stereocenters. The fourth-order valence-electron chi connectivity index (χ4n) is 7.45. The summed E-state index contributed by atoms with van der Waals surface area (Å²) < 4.78 is 67.8. The van der Waals surface area contributed by atoms with E-state index in [1.165, 1.54) is 68.6 Å². The Morgan fingerprint density at radius 2 is 1.45 bits per heavy atom. The number of hydrogen-bond acceptors (Lipinski definition) is 17. The van der Waals surface area contributed by atoms with E-state index in [4.69, 9.17) is 29.4 Å². The number of nitrogens with two attached hydrogens (primary N) is 1. The van der Waals surface area contributed by atoms with E-state index in [0.717, 1.165) is 0 Å². The number of halogens is 3. The number of alkyl halides is 3. The van der Waals surface area contributed by atoms with Crippen LogP contribution in [-0.4, -0.2) is 130 Å². The molecule has 5 rings (SSSR count). The Kier molecular flexibility index (Phi) is 15.3. The smallest absolute Gasteiger partial charge is 0.471 e. The number of nitro groups is 2. The van der Waals surface area contributed by atoms with E-state index in [1.807, 2.05) is 0 Å². The van der Waals surface area contributed by atoms with Gasteiger partial charge in [0, 0.05) is 42.3 Å². The molecule has 1 saturated heterocycles. The van der Waals surface area contributed by atoms with Crippen molar-refractivity contribution in [2.75, 3.05) is 20.2 Å². The average molecular weight is 886 g/mol. The normalized spacial score (nSPS) is 29.9. The lowest BCUT2D eigenvalue weighted by atomic mass is 9.72. The van der Waals surface area contributed by atoms with Gasteiger partial charge in [0.2, 0.25) is 0 Å². The molecule has 1 aliphatic carbocycles. The lowest BCUT2D eigenvalue weighted by Crippen LogP contribution is -2.69. The number of alkyl carbamates (subject to hydrolysis) is 2. The summed E-state index contributed by atoms with van der Waals surface area (Å²) in [4.78, 5) is 59.2. The standard InChI is InChI=1S/C37H46F3N7O15/c1-36(53)17-60-32(28(49)31(36)42-2)62-29-23(41)13-25(45-35(52)59-16-19-5-9-21(10-6-19)47(56)57)26(27(29)48)30-24(12-11-22(61-30)14-43-33(50)37(38,39)40)44-34(51)58-15-18-3-7-20(8-4-18)46(54)55/h3-11,23-32,42,48-49,53H,12-17,41H2,1-2H3,(H,43,50)(H,44,51)(H,45,52)/t23-,24-,25+,26?,27+,28-,29+,30+,31-,32-,36+/m1/s1. The van der Waals surface area contributed by atoms with Crippen LogP contribution in [0.3, 0.4) is 0 Å². The van der Waals surface area contributed by atoms with Crippen LogP contribution in [0.5, 0.6) is 0 Å². The second-order valence-electron chi connectivity index (χ2n) is 15.0. The Morgan fingerprint density at radius 3 is 1.95 bits per heavy atom. The van der Waals surface area contributed by atoms with Crippen LogP contribution in [0, 0.1) is 26.1 Å². The van der Waals surface area contributed by atoms with E-state index in [-0.39, 0.29) is 49.8 Å². The number of amides is 3. The number of benzene rings is 2. The molecule has 0 spiro atoms. The highest BCUT2D eigenvalue weighted by Crippen LogP contribution is 2.37. The van der Waals surface area contributed by atoms with Crippen molar-refractivity contribution >= 4 is 29.5 Å². The average Bonchev–Trinajstić information content (AvgIpc) is 3.21. The van der Waals surface area contributed by atoms with Gasteiger partial charge in [0.1, 0.15) is 42.9 Å². The van der Waals surface area contributed by atoms with Crippen molar-refractivity contribution in [2.45, 2.75) is 99.6 Å². The van der Waals surface area contributed by atoms with E-state index in [9.17, 15) is 63.1 Å². The van der Waals surface area contributed by atoms with Gasteiger partial charge in [-0.15, -0.1) is 0 Å². The summed E-state index contributed by atoms with van der Waals surface area (Å²) in [5.41, 5.74) is 5.29. The zero-order valence-electron chi connectivity index (χ0n) is 33.1. The maximum atomic E-state index is 13.3. The molecule has 340 valence electrons. The summed E-state index contributed by atoms with van der Waals surface area (Å²) in [6.07, 6.45) is -14.2. The molecule has 0 radical (unpaired) electrons. The summed E-state index contributed by atoms with van der Waals surface area (Å²) in [7, 11) is 1.48. The van der Waals surface area contributed by atoms with E-state index in [1.54, 1.807) is 5.32 Å². The fourth-order valence-corrected chi connectivity index (χ4v) is 7.45. The molecular formula is C37H46F3N7O15. The molecular weight excluding hydrogens is 839 g/mol. The lowest BCUT2D eigenvalue weighted by Gasteiger charge is -2.50. The summed E-state index contributed by atoms with van der Waals surface area (Å²) in [5.74, 6) is -3.90. The Labute approximate surface area is 350 Å². The van der Waals surface area contributed by atoms with E-state index in [0.29, 0.717) is 11.1 Å². The minimum atomic E-state index is -5.25. The Morgan fingerprint density at radius 1 is 0.919 bits per heavy atom. The number of nitro benzene ring substituents is 2. The van der Waals surface area contributed by atoms with E-state index >= 15 is 0 Å². The van der Waals surface area contributed by atoms with Crippen molar-refractivity contribution in [3.8, 4) is 0 Å². The molecule has 1 unspecified atom stereocenters. The first kappa shape index (κ1) is 47.4. The third kappa shape index (κ3) is 11.8. The number of carbonyl (C=O) groups excluding carboxylic acids is 3. The second kappa shape index (κ2) is 20.0. The number of nitrogens with one attached hydrogen (secondary N) is 4. The second-order valence-corrected chi connectivity index (χ2v) is 15.0. The number of aliphatic hydroxyl groups is 3. The molecule has 2 aromatic carbocycles. The summed E-state index contributed by atoms with van der Waals surface area (Å²) in [5, 5.41) is 65.8. The van der Waals surface area contributed by atoms with Gasteiger partial charge in [-0.2, -0.15) is 13.2 Å². The maximum absolute atomic E-state index is 13.3. The summed E-state index contributed by atoms with van der Waals surface area (Å²) >= 11 is 0. The largest absolute Gasteiger partial charge is 0.491 e. The van der Waals surface area contributed by atoms with Crippen LogP contribution in [0.1, 0.15) is 30.9 Å². The topological polar surface area (TPSA) is 318 Å². The van der Waals surface area contributed by atoms with E-state index < -0.39 is 107 Å². The number of likely N-dealkylation sites (N-methyl/N-ethyl adjacent to an activating group) is 1. The molecule has 3 amide bonds. The van der Waals surface area contributed by atoms with Crippen molar-refractivity contribution < 1.29 is 76.4 Å². The molecule has 9 N–H and O–H groups in total. The number of nitrogens with zero attached hydrogens (tertiary/aromatic N) is 2. The molecule has 2 heterocycles. The van der Waals surface area contributed by atoms with Gasteiger partial charge in [0.15, 0.2) is 6.29 Å². The molecule has 2 fully saturated rings. The molecule has 0 bridgehead atoms. The van der Waals surface area contributed by atoms with E-state index in [2.05, 4.69) is 16.0 Å². The molecule has 2 aromatic rings. The van der Waals surface area contributed by atoms with Crippen molar-refractivity contribution in [3.63, 3.8) is 0 Å². The third-order valence-electron chi connectivity index (χ3n) is 10.6. The number of carbonyl (C=O) groups is 3. The first-order valence-corrected chi connectivity index (χ1v) is 19.0. The number of aliphatic hydroxyl groups excluding tert-OH is 2. The Hall–Kier alpha value is -5.70. The van der Waals surface area contributed by atoms with Crippen LogP contribution in [0.25, 0.3) is 0 Å². The van der Waals surface area contributed by atoms with Crippen LogP contribution in [0.4, 0.5) is 34.1 Å². The van der Waals surface area contributed by atoms with Crippen LogP contribution >= 0.6 is 0 Å². The number of hydrogen-bond donors (Lipinski definition) is 8. The Bertz CT molecular complexity index is 1960. The van der Waals surface area contributed by atoms with Gasteiger partial charge < -0.3 is 66.0 Å². The number of rotatable bonds is 14. The summed E-state index contributed by atoms with van der Waals surface area (Å²) in [6.45, 7) is -0.445. The third-order valence-corrected chi connectivity index (χ3v) is 10.6. The molecule has 2 aliphatic heterocycles. The summed E-state index contributed by atoms with van der Waals surface area (Å²) in [6, 6.07) is 5.68. The van der Waals surface area contributed by atoms with Crippen LogP contribution in [0.15, 0.2) is 60.4 Å². The van der Waals surface area contributed by atoms with Crippen molar-refractivity contribution in [1.82, 2.24) is 21.3 Å². The van der Waals surface area contributed by atoms with Crippen LogP contribution in [-0.2, 0) is 41.7 Å². The predicted molar refractivity (Wildman–Crippen MR) is 203 cm³/mol. The lowest BCUT2D eigenvalue weighted by molar-refractivity contribution is -0.385. The predicted octanol–water partition coefficient (Wildman–Crippen LogP) is 0.894. The van der Waals surface area contributed by atoms with Crippen molar-refractivity contribution in [2.24, 2.45) is 11.7 Å². The van der Waals surface area contributed by atoms with Gasteiger partial charge in [-0.3, -0.25) is 25.0 Å². The van der Waals surface area contributed by atoms with Gasteiger partial charge in [-0.25, -0.2) is 9.59 Å². The van der Waals surface area contributed by atoms with Gasteiger partial charge in [-0.05, 0) is 68.3 Å². The highest BCUT2D eigenvalue weighted by atomic mass is 19.4. The molecule has 25 heteroatoms. The fraction of sp³-hybridized carbons (Fsp3) is 0.541. The molecule has 22 nitrogen and oxygen atoms in total. The monoisotopic (exact) mass is 885 g/mol. The zero-order chi connectivity index (χ0) is 45.5. The molecule has 0 aromatic heterocycles. The van der Waals surface area contributed by atoms with Crippen molar-refractivity contribution in [1.29, 1.82) is 0 Å². The van der Waals surface area contributed by atoms with Crippen LogP contribution in [0.2, 0.25) is 0 Å². The first-order chi connectivity index (χ1) is 29.2. The molecule has 62 heavy (non-hydrogen) atoms. The zero-order valence-corrected chi connectivity index (χ0v) is 33.1. The minimum absolute atomic E-state index is 0.198. The maximum Gasteiger partial charge on any atom is 0.471 e. The van der Waals surface area contributed by atoms with Crippen LogP contribution < -0.4 is 27.0 Å². The SMILES string of the molecule is CN[C@@H]1[C@@H](O)[C@@H](O[C@H]2[C@H](N)C[C@H](NC(=O)OCc3ccc([N+](=O)[O-])cc3)C([C@H]3OC(CNC(=O)C(F)(F)F)=CC[C@H]3NC(=O)OCc3ccc([N+](=O)[O-])cc3)[C@@H]2O)OC[C@]1(C)O. The quantitative estimate of drug-likeness (QED) is 0.0965. The van der Waals surface area contributed by atoms with Gasteiger partial charge in [-0.1, -0.05) is 0 Å². The Balaban J connectivity index is 1.43. The molecule has 1 saturated carbocycles. The van der Waals surface area contributed by atoms with Gasteiger partial charge >= 0.3 is 24.3 Å².